The first-order valence-electron chi connectivity index (χ1n) is 10.7. The summed E-state index contributed by atoms with van der Waals surface area (Å²) in [7, 11) is 0. The number of amides is 1. The number of hydrogen-bond acceptors (Lipinski definition) is 3. The van der Waals surface area contributed by atoms with Gasteiger partial charge in [-0.15, -0.1) is 0 Å². The minimum absolute atomic E-state index is 0.0544. The van der Waals surface area contributed by atoms with Gasteiger partial charge in [0.15, 0.2) is 10.6 Å². The topological polar surface area (TPSA) is 62.7 Å². The molecule has 0 bridgehead atoms. The Kier molecular flexibility index (Phi) is 6.13. The summed E-state index contributed by atoms with van der Waals surface area (Å²) in [5.74, 6) is 0.821. The number of nitrogens with zero attached hydrogens (tertiary/aromatic N) is 2. The van der Waals surface area contributed by atoms with Crippen molar-refractivity contribution in [2.45, 2.75) is 57.5 Å². The largest absolute Gasteiger partial charge is 0.347 e. The third kappa shape index (κ3) is 4.38. The molecule has 0 spiro atoms. The lowest BCUT2D eigenvalue weighted by Gasteiger charge is -2.39. The summed E-state index contributed by atoms with van der Waals surface area (Å²) in [6.45, 7) is 2.55. The number of aromatic nitrogens is 3. The molecule has 2 N–H and O–H groups in total. The number of aryl methyl sites for hydroxylation is 1. The van der Waals surface area contributed by atoms with E-state index in [0.717, 1.165) is 37.1 Å². The number of carbonyl (C=O) groups excluding carboxylic acids is 1. The van der Waals surface area contributed by atoms with Gasteiger partial charge in [0.2, 0.25) is 5.91 Å². The highest BCUT2D eigenvalue weighted by Gasteiger charge is 2.35. The fraction of sp³-hybridized carbons (Fsp3) is 0.375. The Labute approximate surface area is 182 Å². The van der Waals surface area contributed by atoms with Crippen molar-refractivity contribution in [2.75, 3.05) is 0 Å². The van der Waals surface area contributed by atoms with E-state index in [1.807, 2.05) is 22.8 Å². The molecule has 1 saturated carbocycles. The minimum atomic E-state index is -0.256. The third-order valence-electron chi connectivity index (χ3n) is 6.04. The van der Waals surface area contributed by atoms with Gasteiger partial charge < -0.3 is 5.32 Å². The molecule has 0 aliphatic heterocycles. The second kappa shape index (κ2) is 8.96. The van der Waals surface area contributed by atoms with Crippen LogP contribution < -0.4 is 5.32 Å². The normalized spacial score (nSPS) is 15.6. The van der Waals surface area contributed by atoms with E-state index in [9.17, 15) is 4.79 Å². The molecule has 1 fully saturated rings. The van der Waals surface area contributed by atoms with Crippen molar-refractivity contribution >= 4 is 18.1 Å². The molecule has 1 aliphatic rings. The molecule has 0 radical (unpaired) electrons. The van der Waals surface area contributed by atoms with Gasteiger partial charge in [0.05, 0.1) is 5.54 Å². The van der Waals surface area contributed by atoms with E-state index in [-0.39, 0.29) is 11.4 Å². The summed E-state index contributed by atoms with van der Waals surface area (Å²) < 4.78 is 2.45. The summed E-state index contributed by atoms with van der Waals surface area (Å²) in [6, 6.07) is 18.6. The Morgan fingerprint density at radius 3 is 2.50 bits per heavy atom. The highest BCUT2D eigenvalue weighted by molar-refractivity contribution is 7.71. The van der Waals surface area contributed by atoms with E-state index < -0.39 is 0 Å². The SMILES string of the molecule is Cc1ccc(-c2n[nH]c(=S)n2CCC(=O)NC2(c3ccccc3)CCCCC2)cc1. The zero-order valence-electron chi connectivity index (χ0n) is 17.4. The lowest BCUT2D eigenvalue weighted by atomic mass is 9.76. The fourth-order valence-electron chi connectivity index (χ4n) is 4.39. The summed E-state index contributed by atoms with van der Waals surface area (Å²) in [5, 5.41) is 10.6. The predicted octanol–water partition coefficient (Wildman–Crippen LogP) is 5.28. The molecule has 4 rings (SSSR count). The summed E-state index contributed by atoms with van der Waals surface area (Å²) in [4.78, 5) is 13.0. The van der Waals surface area contributed by atoms with Crippen LogP contribution in [0.25, 0.3) is 11.4 Å². The highest BCUT2D eigenvalue weighted by Crippen LogP contribution is 2.37. The summed E-state index contributed by atoms with van der Waals surface area (Å²) >= 11 is 5.42. The van der Waals surface area contributed by atoms with Gasteiger partial charge in [0.1, 0.15) is 0 Å². The summed E-state index contributed by atoms with van der Waals surface area (Å²) in [6.07, 6.45) is 5.85. The van der Waals surface area contributed by atoms with Crippen LogP contribution in [0.3, 0.4) is 0 Å². The molecular formula is C24H28N4OS. The van der Waals surface area contributed by atoms with E-state index in [1.165, 1.54) is 17.5 Å². The standard InChI is InChI=1S/C24H28N4OS/c1-18-10-12-19(13-11-18)22-26-27-23(30)28(22)17-14-21(29)25-24(15-6-3-7-16-24)20-8-4-2-5-9-20/h2,4-5,8-13H,3,6-7,14-17H2,1H3,(H,25,29)(H,27,30). The molecule has 0 atom stereocenters. The second-order valence-corrected chi connectivity index (χ2v) is 8.56. The van der Waals surface area contributed by atoms with E-state index >= 15 is 0 Å². The van der Waals surface area contributed by atoms with E-state index in [2.05, 4.69) is 58.8 Å². The molecule has 5 nitrogen and oxygen atoms in total. The van der Waals surface area contributed by atoms with Crippen molar-refractivity contribution < 1.29 is 4.79 Å². The quantitative estimate of drug-likeness (QED) is 0.533. The number of aromatic amines is 1. The van der Waals surface area contributed by atoms with Gasteiger partial charge >= 0.3 is 0 Å². The Balaban J connectivity index is 1.49. The molecule has 156 valence electrons. The van der Waals surface area contributed by atoms with Gasteiger partial charge in [0, 0.05) is 18.5 Å². The molecule has 1 aromatic heterocycles. The number of H-pyrrole nitrogens is 1. The molecule has 1 aliphatic carbocycles. The average Bonchev–Trinajstić information content (AvgIpc) is 3.14. The maximum Gasteiger partial charge on any atom is 0.222 e. The number of rotatable bonds is 6. The van der Waals surface area contributed by atoms with E-state index in [0.29, 0.717) is 17.7 Å². The zero-order valence-corrected chi connectivity index (χ0v) is 18.2. The molecule has 1 amide bonds. The molecule has 2 aromatic carbocycles. The smallest absolute Gasteiger partial charge is 0.222 e. The maximum absolute atomic E-state index is 13.0. The van der Waals surface area contributed by atoms with Crippen LogP contribution >= 0.6 is 12.2 Å². The molecule has 0 saturated heterocycles. The first kappa shape index (κ1) is 20.5. The first-order chi connectivity index (χ1) is 14.6. The van der Waals surface area contributed by atoms with E-state index in [4.69, 9.17) is 12.2 Å². The molecule has 6 heteroatoms. The Bertz CT molecular complexity index is 1050. The highest BCUT2D eigenvalue weighted by atomic mass is 32.1. The zero-order chi connectivity index (χ0) is 21.0. The van der Waals surface area contributed by atoms with Crippen molar-refractivity contribution in [3.8, 4) is 11.4 Å². The van der Waals surface area contributed by atoms with Crippen LogP contribution in [0.5, 0.6) is 0 Å². The predicted molar refractivity (Wildman–Crippen MR) is 122 cm³/mol. The maximum atomic E-state index is 13.0. The van der Waals surface area contributed by atoms with Gasteiger partial charge in [-0.3, -0.25) is 14.5 Å². The molecule has 30 heavy (non-hydrogen) atoms. The van der Waals surface area contributed by atoms with Crippen LogP contribution in [0.2, 0.25) is 0 Å². The number of hydrogen-bond donors (Lipinski definition) is 2. The average molecular weight is 421 g/mol. The molecule has 0 unspecified atom stereocenters. The minimum Gasteiger partial charge on any atom is -0.347 e. The van der Waals surface area contributed by atoms with Crippen LogP contribution in [0.4, 0.5) is 0 Å². The van der Waals surface area contributed by atoms with Gasteiger partial charge in [-0.05, 0) is 37.5 Å². The van der Waals surface area contributed by atoms with Crippen molar-refractivity contribution in [3.63, 3.8) is 0 Å². The van der Waals surface area contributed by atoms with Crippen molar-refractivity contribution in [1.82, 2.24) is 20.1 Å². The Hall–Kier alpha value is -2.73. The lowest BCUT2D eigenvalue weighted by Crippen LogP contribution is -2.47. The number of carbonyl (C=O) groups is 1. The first-order valence-corrected chi connectivity index (χ1v) is 11.1. The molecule has 3 aromatic rings. The molecule has 1 heterocycles. The number of nitrogens with one attached hydrogen (secondary N) is 2. The van der Waals surface area contributed by atoms with Gasteiger partial charge in [-0.2, -0.15) is 5.10 Å². The van der Waals surface area contributed by atoms with E-state index in [1.54, 1.807) is 0 Å². The third-order valence-corrected chi connectivity index (χ3v) is 6.35. The Morgan fingerprint density at radius 1 is 1.10 bits per heavy atom. The van der Waals surface area contributed by atoms with Crippen LogP contribution in [-0.2, 0) is 16.9 Å². The second-order valence-electron chi connectivity index (χ2n) is 8.18. The Morgan fingerprint density at radius 2 is 1.80 bits per heavy atom. The monoisotopic (exact) mass is 420 g/mol. The van der Waals surface area contributed by atoms with Gasteiger partial charge in [-0.1, -0.05) is 79.4 Å². The van der Waals surface area contributed by atoms with Crippen LogP contribution in [0.1, 0.15) is 49.7 Å². The fourth-order valence-corrected chi connectivity index (χ4v) is 4.61. The van der Waals surface area contributed by atoms with Crippen LogP contribution in [0.15, 0.2) is 54.6 Å². The summed E-state index contributed by atoms with van der Waals surface area (Å²) in [5.41, 5.74) is 3.13. The van der Waals surface area contributed by atoms with Crippen molar-refractivity contribution in [2.24, 2.45) is 0 Å². The van der Waals surface area contributed by atoms with Crippen molar-refractivity contribution in [3.05, 3.63) is 70.5 Å². The van der Waals surface area contributed by atoms with Crippen LogP contribution in [-0.4, -0.2) is 20.7 Å². The van der Waals surface area contributed by atoms with Gasteiger partial charge in [0.25, 0.3) is 0 Å². The molecular weight excluding hydrogens is 392 g/mol. The van der Waals surface area contributed by atoms with Crippen molar-refractivity contribution in [1.29, 1.82) is 0 Å². The lowest BCUT2D eigenvalue weighted by molar-refractivity contribution is -0.123. The number of benzene rings is 2. The van der Waals surface area contributed by atoms with Crippen LogP contribution in [0, 0.1) is 11.7 Å². The van der Waals surface area contributed by atoms with Gasteiger partial charge in [-0.25, -0.2) is 0 Å².